The van der Waals surface area contributed by atoms with Crippen molar-refractivity contribution >= 4 is 23.8 Å². The number of ether oxygens (including phenoxy) is 1. The molecular weight excluding hydrogens is 300 g/mol. The molecule has 2 rings (SSSR count). The first-order valence-electron chi connectivity index (χ1n) is 7.83. The highest BCUT2D eigenvalue weighted by Gasteiger charge is 2.42. The molecule has 0 aromatic rings. The number of hydrogen-bond acceptors (Lipinski definition) is 4. The third-order valence-electron chi connectivity index (χ3n) is 3.84. The Labute approximate surface area is 135 Å². The molecule has 0 spiro atoms. The summed E-state index contributed by atoms with van der Waals surface area (Å²) >= 11 is 1.91. The minimum Gasteiger partial charge on any atom is -0.461 e. The lowest BCUT2D eigenvalue weighted by Gasteiger charge is -2.16. The maximum absolute atomic E-state index is 11.6. The van der Waals surface area contributed by atoms with Gasteiger partial charge in [-0.15, -0.1) is 0 Å². The van der Waals surface area contributed by atoms with Crippen molar-refractivity contribution in [1.82, 2.24) is 10.6 Å². The van der Waals surface area contributed by atoms with Crippen LogP contribution in [0.25, 0.3) is 0 Å². The monoisotopic (exact) mass is 324 g/mol. The minimum absolute atomic E-state index is 0.0464. The standard InChI is InChI=1S/C16H24N2O3S/c1-2-3-4-7-10-21-14(19)9-6-5-8-13-15-12(11-22-13)17-16(20)18-15/h2-4,7,12-13,15H,5-6,8-11H2,1H3,(H2,17,18,20)/b3-2+,7-4+. The zero-order valence-electron chi connectivity index (χ0n) is 12.9. The Balaban J connectivity index is 1.54. The average Bonchev–Trinajstić information content (AvgIpc) is 3.03. The van der Waals surface area contributed by atoms with Crippen LogP contribution in [0.4, 0.5) is 4.79 Å². The first kappa shape index (κ1) is 16.9. The second-order valence-electron chi connectivity index (χ2n) is 5.50. The molecular formula is C16H24N2O3S. The predicted molar refractivity (Wildman–Crippen MR) is 88.9 cm³/mol. The highest BCUT2D eigenvalue weighted by atomic mass is 32.2. The molecule has 2 heterocycles. The Morgan fingerprint density at radius 1 is 1.36 bits per heavy atom. The number of thioether (sulfide) groups is 1. The summed E-state index contributed by atoms with van der Waals surface area (Å²) in [7, 11) is 0. The van der Waals surface area contributed by atoms with Crippen molar-refractivity contribution in [3.8, 4) is 0 Å². The van der Waals surface area contributed by atoms with Crippen molar-refractivity contribution in [2.45, 2.75) is 49.9 Å². The van der Waals surface area contributed by atoms with Gasteiger partial charge < -0.3 is 15.4 Å². The van der Waals surface area contributed by atoms with Gasteiger partial charge in [-0.3, -0.25) is 4.79 Å². The van der Waals surface area contributed by atoms with E-state index in [1.165, 1.54) is 0 Å². The molecule has 0 aliphatic carbocycles. The average molecular weight is 324 g/mol. The van der Waals surface area contributed by atoms with Crippen molar-refractivity contribution in [3.05, 3.63) is 24.3 Å². The van der Waals surface area contributed by atoms with E-state index >= 15 is 0 Å². The molecule has 0 bridgehead atoms. The van der Waals surface area contributed by atoms with Crippen LogP contribution in [0.15, 0.2) is 24.3 Å². The van der Waals surface area contributed by atoms with Gasteiger partial charge >= 0.3 is 12.0 Å². The summed E-state index contributed by atoms with van der Waals surface area (Å²) in [5.41, 5.74) is 0. The van der Waals surface area contributed by atoms with Crippen LogP contribution in [-0.4, -0.2) is 41.7 Å². The second kappa shape index (κ2) is 8.88. The van der Waals surface area contributed by atoms with E-state index in [9.17, 15) is 9.59 Å². The van der Waals surface area contributed by atoms with Gasteiger partial charge in [-0.1, -0.05) is 24.6 Å². The number of esters is 1. The molecule has 3 unspecified atom stereocenters. The smallest absolute Gasteiger partial charge is 0.315 e. The zero-order valence-corrected chi connectivity index (χ0v) is 13.7. The van der Waals surface area contributed by atoms with E-state index in [-0.39, 0.29) is 24.1 Å². The van der Waals surface area contributed by atoms with Gasteiger partial charge in [0.25, 0.3) is 0 Å². The first-order valence-corrected chi connectivity index (χ1v) is 8.87. The fourth-order valence-electron chi connectivity index (χ4n) is 2.72. The molecule has 22 heavy (non-hydrogen) atoms. The summed E-state index contributed by atoms with van der Waals surface area (Å²) in [6.07, 6.45) is 10.8. The van der Waals surface area contributed by atoms with Gasteiger partial charge in [-0.25, -0.2) is 4.79 Å². The number of amides is 2. The molecule has 2 aliphatic heterocycles. The third kappa shape index (κ3) is 5.09. The molecule has 2 saturated heterocycles. The molecule has 2 fully saturated rings. The minimum atomic E-state index is -0.141. The molecule has 6 heteroatoms. The molecule has 2 N–H and O–H groups in total. The molecule has 0 aromatic carbocycles. The molecule has 0 radical (unpaired) electrons. The molecule has 2 aliphatic rings. The van der Waals surface area contributed by atoms with Gasteiger partial charge in [0.15, 0.2) is 0 Å². The number of allylic oxidation sites excluding steroid dienone is 3. The molecule has 5 nitrogen and oxygen atoms in total. The van der Waals surface area contributed by atoms with E-state index in [4.69, 9.17) is 4.74 Å². The topological polar surface area (TPSA) is 67.4 Å². The number of rotatable bonds is 8. The predicted octanol–water partition coefficient (Wildman–Crippen LogP) is 2.39. The summed E-state index contributed by atoms with van der Waals surface area (Å²) < 4.78 is 5.11. The van der Waals surface area contributed by atoms with E-state index in [1.807, 2.05) is 43.0 Å². The number of fused-ring (bicyclic) bond motifs is 1. The highest BCUT2D eigenvalue weighted by Crippen LogP contribution is 2.33. The summed E-state index contributed by atoms with van der Waals surface area (Å²) in [6, 6.07) is 0.479. The Morgan fingerprint density at radius 3 is 3.05 bits per heavy atom. The van der Waals surface area contributed by atoms with Gasteiger partial charge in [-0.2, -0.15) is 11.8 Å². The number of urea groups is 1. The van der Waals surface area contributed by atoms with E-state index in [2.05, 4.69) is 10.6 Å². The van der Waals surface area contributed by atoms with Gasteiger partial charge in [0.05, 0.1) is 12.1 Å². The van der Waals surface area contributed by atoms with Gasteiger partial charge in [0, 0.05) is 17.4 Å². The number of unbranched alkanes of at least 4 members (excludes halogenated alkanes) is 1. The van der Waals surface area contributed by atoms with Crippen molar-refractivity contribution in [2.24, 2.45) is 0 Å². The summed E-state index contributed by atoms with van der Waals surface area (Å²) in [5, 5.41) is 6.38. The molecule has 122 valence electrons. The maximum atomic E-state index is 11.6. The normalized spacial score (nSPS) is 27.1. The quantitative estimate of drug-likeness (QED) is 0.311. The summed E-state index contributed by atoms with van der Waals surface area (Å²) in [6.45, 7) is 2.28. The lowest BCUT2D eigenvalue weighted by atomic mass is 10.0. The third-order valence-corrected chi connectivity index (χ3v) is 5.35. The van der Waals surface area contributed by atoms with E-state index in [0.717, 1.165) is 25.0 Å². The van der Waals surface area contributed by atoms with Crippen LogP contribution in [0.1, 0.15) is 32.6 Å². The first-order chi connectivity index (χ1) is 10.7. The lowest BCUT2D eigenvalue weighted by molar-refractivity contribution is -0.142. The fraction of sp³-hybridized carbons (Fsp3) is 0.625. The van der Waals surface area contributed by atoms with E-state index in [0.29, 0.717) is 18.3 Å². The van der Waals surface area contributed by atoms with Crippen LogP contribution in [0, 0.1) is 0 Å². The zero-order chi connectivity index (χ0) is 15.8. The van der Waals surface area contributed by atoms with Crippen LogP contribution in [0.3, 0.4) is 0 Å². The number of carbonyl (C=O) groups is 2. The van der Waals surface area contributed by atoms with Gasteiger partial charge in [0.1, 0.15) is 6.61 Å². The SMILES string of the molecule is C/C=C/C=C/COC(=O)CCCCC1SCC2NC(=O)NC21. The number of hydrogen-bond donors (Lipinski definition) is 2. The molecule has 0 aromatic heterocycles. The molecule has 3 atom stereocenters. The Kier molecular flexibility index (Phi) is 6.83. The second-order valence-corrected chi connectivity index (χ2v) is 6.78. The number of carbonyl (C=O) groups excluding carboxylic acids is 2. The van der Waals surface area contributed by atoms with Crippen molar-refractivity contribution in [1.29, 1.82) is 0 Å². The Morgan fingerprint density at radius 2 is 2.23 bits per heavy atom. The van der Waals surface area contributed by atoms with Crippen molar-refractivity contribution in [3.63, 3.8) is 0 Å². The van der Waals surface area contributed by atoms with Crippen LogP contribution in [0.5, 0.6) is 0 Å². The van der Waals surface area contributed by atoms with E-state index in [1.54, 1.807) is 0 Å². The van der Waals surface area contributed by atoms with Crippen LogP contribution >= 0.6 is 11.8 Å². The van der Waals surface area contributed by atoms with Crippen molar-refractivity contribution in [2.75, 3.05) is 12.4 Å². The largest absolute Gasteiger partial charge is 0.461 e. The maximum Gasteiger partial charge on any atom is 0.315 e. The van der Waals surface area contributed by atoms with Gasteiger partial charge in [0.2, 0.25) is 0 Å². The molecule has 2 amide bonds. The fourth-order valence-corrected chi connectivity index (χ4v) is 4.26. The molecule has 0 saturated carbocycles. The lowest BCUT2D eigenvalue weighted by Crippen LogP contribution is -2.36. The summed E-state index contributed by atoms with van der Waals surface area (Å²) in [5.74, 6) is 0.840. The Hall–Kier alpha value is -1.43. The highest BCUT2D eigenvalue weighted by molar-refractivity contribution is 8.00. The van der Waals surface area contributed by atoms with Gasteiger partial charge in [-0.05, 0) is 25.8 Å². The van der Waals surface area contributed by atoms with Crippen LogP contribution < -0.4 is 10.6 Å². The number of nitrogens with one attached hydrogen (secondary N) is 2. The Bertz CT molecular complexity index is 451. The van der Waals surface area contributed by atoms with E-state index < -0.39 is 0 Å². The van der Waals surface area contributed by atoms with Crippen molar-refractivity contribution < 1.29 is 14.3 Å². The van der Waals surface area contributed by atoms with Crippen LogP contribution in [-0.2, 0) is 9.53 Å². The van der Waals surface area contributed by atoms with Crippen LogP contribution in [0.2, 0.25) is 0 Å². The summed E-state index contributed by atoms with van der Waals surface area (Å²) in [4.78, 5) is 22.8.